The van der Waals surface area contributed by atoms with Gasteiger partial charge in [0.05, 0.1) is 7.11 Å². The van der Waals surface area contributed by atoms with Crippen LogP contribution in [0.2, 0.25) is 0 Å². The molecule has 3 aromatic rings. The third kappa shape index (κ3) is 4.88. The van der Waals surface area contributed by atoms with Crippen molar-refractivity contribution in [3.05, 3.63) is 71.0 Å². The molecule has 1 heterocycles. The molecule has 0 aliphatic rings. The summed E-state index contributed by atoms with van der Waals surface area (Å²) in [4.78, 5) is 0. The van der Waals surface area contributed by atoms with Crippen LogP contribution in [0.4, 0.5) is 0 Å². The Morgan fingerprint density at radius 3 is 2.31 bits per heavy atom. The lowest BCUT2D eigenvalue weighted by Gasteiger charge is -2.05. The fraction of sp³-hybridized carbons (Fsp3) is 0.333. The van der Waals surface area contributed by atoms with Crippen molar-refractivity contribution in [3.8, 4) is 5.75 Å². The normalized spacial score (nSPS) is 10.9. The van der Waals surface area contributed by atoms with E-state index in [1.165, 1.54) is 16.7 Å². The van der Waals surface area contributed by atoms with E-state index in [4.69, 9.17) is 4.74 Å². The number of hydrogen-bond acceptors (Lipinski definition) is 4. The van der Waals surface area contributed by atoms with Gasteiger partial charge in [-0.1, -0.05) is 53.7 Å². The molecule has 1 aromatic heterocycles. The Kier molecular flexibility index (Phi) is 6.34. The van der Waals surface area contributed by atoms with Crippen LogP contribution in [0.15, 0.2) is 53.7 Å². The highest BCUT2D eigenvalue weighted by Gasteiger charge is 2.09. The molecule has 26 heavy (non-hydrogen) atoms. The van der Waals surface area contributed by atoms with Gasteiger partial charge in [0.2, 0.25) is 0 Å². The van der Waals surface area contributed by atoms with Gasteiger partial charge in [0.25, 0.3) is 0 Å². The summed E-state index contributed by atoms with van der Waals surface area (Å²) >= 11 is 1.74. The number of methoxy groups -OCH3 is 1. The summed E-state index contributed by atoms with van der Waals surface area (Å²) in [6.45, 7) is 2.11. The number of benzene rings is 2. The summed E-state index contributed by atoms with van der Waals surface area (Å²) in [6.07, 6.45) is 3.02. The standard InChI is InChI=1S/C21H25N3OS/c1-16-7-9-18(10-8-16)15-26-21-23-22-20(24(21)2)6-4-5-17-11-13-19(25-3)14-12-17/h7-14H,4-6,15H2,1-3H3. The van der Waals surface area contributed by atoms with Crippen molar-refractivity contribution in [2.75, 3.05) is 7.11 Å². The first-order valence-corrected chi connectivity index (χ1v) is 9.84. The van der Waals surface area contributed by atoms with Gasteiger partial charge < -0.3 is 9.30 Å². The first kappa shape index (κ1) is 18.5. The van der Waals surface area contributed by atoms with Crippen LogP contribution in [0.3, 0.4) is 0 Å². The van der Waals surface area contributed by atoms with Gasteiger partial charge in [0.1, 0.15) is 11.6 Å². The largest absolute Gasteiger partial charge is 0.497 e. The van der Waals surface area contributed by atoms with E-state index in [2.05, 4.69) is 65.1 Å². The zero-order valence-corrected chi connectivity index (χ0v) is 16.4. The second-order valence-electron chi connectivity index (χ2n) is 6.43. The van der Waals surface area contributed by atoms with E-state index in [9.17, 15) is 0 Å². The quantitative estimate of drug-likeness (QED) is 0.546. The minimum absolute atomic E-state index is 0.900. The van der Waals surface area contributed by atoms with Crippen molar-refractivity contribution in [2.24, 2.45) is 7.05 Å². The molecule has 0 fully saturated rings. The van der Waals surface area contributed by atoms with Crippen molar-refractivity contribution < 1.29 is 4.74 Å². The molecule has 0 radical (unpaired) electrons. The van der Waals surface area contributed by atoms with Crippen molar-refractivity contribution in [3.63, 3.8) is 0 Å². The molecule has 0 aliphatic carbocycles. The predicted molar refractivity (Wildman–Crippen MR) is 107 cm³/mol. The van der Waals surface area contributed by atoms with Crippen LogP contribution in [-0.2, 0) is 25.6 Å². The zero-order chi connectivity index (χ0) is 18.4. The SMILES string of the molecule is COc1ccc(CCCc2nnc(SCc3ccc(C)cc3)n2C)cc1. The van der Waals surface area contributed by atoms with Crippen molar-refractivity contribution in [1.29, 1.82) is 0 Å². The Morgan fingerprint density at radius 2 is 1.62 bits per heavy atom. The topological polar surface area (TPSA) is 39.9 Å². The summed E-state index contributed by atoms with van der Waals surface area (Å²) < 4.78 is 7.32. The van der Waals surface area contributed by atoms with Crippen molar-refractivity contribution in [1.82, 2.24) is 14.8 Å². The summed E-state index contributed by atoms with van der Waals surface area (Å²) in [5.41, 5.74) is 3.92. The molecule has 0 spiro atoms. The molecule has 5 heteroatoms. The molecule has 0 N–H and O–H groups in total. The molecule has 0 atom stereocenters. The molecule has 0 bridgehead atoms. The molecule has 4 nitrogen and oxygen atoms in total. The molecule has 0 saturated carbocycles. The van der Waals surface area contributed by atoms with Gasteiger partial charge in [-0.25, -0.2) is 0 Å². The van der Waals surface area contributed by atoms with Crippen LogP contribution in [0.25, 0.3) is 0 Å². The number of aryl methyl sites for hydroxylation is 3. The summed E-state index contributed by atoms with van der Waals surface area (Å²) in [5.74, 6) is 2.86. The molecule has 2 aromatic carbocycles. The number of ether oxygens (including phenoxy) is 1. The van der Waals surface area contributed by atoms with E-state index < -0.39 is 0 Å². The fourth-order valence-electron chi connectivity index (χ4n) is 2.76. The maximum atomic E-state index is 5.20. The highest BCUT2D eigenvalue weighted by molar-refractivity contribution is 7.98. The number of thioether (sulfide) groups is 1. The average Bonchev–Trinajstić information content (AvgIpc) is 3.02. The molecule has 0 unspecified atom stereocenters. The van der Waals surface area contributed by atoms with Gasteiger partial charge in [0.15, 0.2) is 5.16 Å². The van der Waals surface area contributed by atoms with E-state index in [0.29, 0.717) is 0 Å². The maximum absolute atomic E-state index is 5.20. The lowest BCUT2D eigenvalue weighted by molar-refractivity contribution is 0.414. The predicted octanol–water partition coefficient (Wildman–Crippen LogP) is 4.60. The number of aromatic nitrogens is 3. The van der Waals surface area contributed by atoms with Gasteiger partial charge in [-0.15, -0.1) is 10.2 Å². The first-order chi connectivity index (χ1) is 12.7. The maximum Gasteiger partial charge on any atom is 0.191 e. The molecule has 3 rings (SSSR count). The van der Waals surface area contributed by atoms with Crippen molar-refractivity contribution >= 4 is 11.8 Å². The van der Waals surface area contributed by atoms with E-state index in [-0.39, 0.29) is 0 Å². The second-order valence-corrected chi connectivity index (χ2v) is 7.38. The van der Waals surface area contributed by atoms with Crippen LogP contribution in [0.1, 0.15) is 28.9 Å². The average molecular weight is 368 g/mol. The Bertz CT molecular complexity index is 825. The van der Waals surface area contributed by atoms with Crippen LogP contribution < -0.4 is 4.74 Å². The number of rotatable bonds is 8. The first-order valence-electron chi connectivity index (χ1n) is 8.85. The molecule has 136 valence electrons. The van der Waals surface area contributed by atoms with Crippen LogP contribution >= 0.6 is 11.8 Å². The van der Waals surface area contributed by atoms with Crippen LogP contribution in [0.5, 0.6) is 5.75 Å². The lowest BCUT2D eigenvalue weighted by Crippen LogP contribution is -2.00. The minimum atomic E-state index is 0.900. The molecule has 0 aliphatic heterocycles. The fourth-order valence-corrected chi connectivity index (χ4v) is 3.65. The van der Waals surface area contributed by atoms with Gasteiger partial charge in [-0.2, -0.15) is 0 Å². The monoisotopic (exact) mass is 367 g/mol. The second kappa shape index (κ2) is 8.90. The van der Waals surface area contributed by atoms with Gasteiger partial charge in [0, 0.05) is 19.2 Å². The highest BCUT2D eigenvalue weighted by Crippen LogP contribution is 2.22. The highest BCUT2D eigenvalue weighted by atomic mass is 32.2. The third-order valence-electron chi connectivity index (χ3n) is 4.44. The smallest absolute Gasteiger partial charge is 0.191 e. The molecular weight excluding hydrogens is 342 g/mol. The van der Waals surface area contributed by atoms with Crippen LogP contribution in [0, 0.1) is 6.92 Å². The molecular formula is C21H25N3OS. The Morgan fingerprint density at radius 1 is 0.923 bits per heavy atom. The van der Waals surface area contributed by atoms with Gasteiger partial charge >= 0.3 is 0 Å². The van der Waals surface area contributed by atoms with Gasteiger partial charge in [-0.05, 0) is 43.0 Å². The van der Waals surface area contributed by atoms with E-state index >= 15 is 0 Å². The molecule has 0 saturated heterocycles. The summed E-state index contributed by atoms with van der Waals surface area (Å²) in [6, 6.07) is 16.9. The van der Waals surface area contributed by atoms with Gasteiger partial charge in [-0.3, -0.25) is 0 Å². The number of hydrogen-bond donors (Lipinski definition) is 0. The Balaban J connectivity index is 1.50. The number of nitrogens with zero attached hydrogens (tertiary/aromatic N) is 3. The van der Waals surface area contributed by atoms with E-state index in [1.807, 2.05) is 12.1 Å². The Labute approximate surface area is 159 Å². The van der Waals surface area contributed by atoms with Crippen molar-refractivity contribution in [2.45, 2.75) is 37.1 Å². The van der Waals surface area contributed by atoms with E-state index in [1.54, 1.807) is 18.9 Å². The summed E-state index contributed by atoms with van der Waals surface area (Å²) in [7, 11) is 3.75. The minimum Gasteiger partial charge on any atom is -0.497 e. The molecule has 0 amide bonds. The summed E-state index contributed by atoms with van der Waals surface area (Å²) in [5, 5.41) is 9.71. The third-order valence-corrected chi connectivity index (χ3v) is 5.53. The Hall–Kier alpha value is -2.27. The lowest BCUT2D eigenvalue weighted by atomic mass is 10.1. The zero-order valence-electron chi connectivity index (χ0n) is 15.6. The van der Waals surface area contributed by atoms with E-state index in [0.717, 1.165) is 41.7 Å². The van der Waals surface area contributed by atoms with Crippen LogP contribution in [-0.4, -0.2) is 21.9 Å².